The van der Waals surface area contributed by atoms with E-state index in [2.05, 4.69) is 0 Å². The van der Waals surface area contributed by atoms with Crippen molar-refractivity contribution in [1.29, 1.82) is 0 Å². The molecular weight excluding hydrogens is 468 g/mol. The molecule has 0 saturated heterocycles. The molecule has 0 aliphatic carbocycles. The minimum atomic E-state index is -4.96. The zero-order chi connectivity index (χ0) is 23.7. The van der Waals surface area contributed by atoms with Crippen LogP contribution in [0.3, 0.4) is 0 Å². The Labute approximate surface area is 181 Å². The Morgan fingerprint density at radius 1 is 1.26 bits per heavy atom. The number of rotatable bonds is 6. The molecule has 0 aliphatic rings. The summed E-state index contributed by atoms with van der Waals surface area (Å²) >= 11 is 6.92. The van der Waals surface area contributed by atoms with E-state index in [1.807, 2.05) is 0 Å². The molecule has 1 heterocycles. The van der Waals surface area contributed by atoms with Gasteiger partial charge in [-0.2, -0.15) is 13.2 Å². The molecule has 31 heavy (non-hydrogen) atoms. The molecule has 168 valence electrons. The number of benzene rings is 1. The average Bonchev–Trinajstić information content (AvgIpc) is 2.66. The number of ether oxygens (including phenoxy) is 1. The fourth-order valence-corrected chi connectivity index (χ4v) is 3.83. The normalized spacial score (nSPS) is 12.5. The van der Waals surface area contributed by atoms with E-state index < -0.39 is 40.6 Å². The zero-order valence-electron chi connectivity index (χ0n) is 16.2. The van der Waals surface area contributed by atoms with Crippen LogP contribution < -0.4 is 11.2 Å². The Balaban J connectivity index is 2.60. The van der Waals surface area contributed by atoms with Crippen molar-refractivity contribution < 1.29 is 32.2 Å². The van der Waals surface area contributed by atoms with Crippen molar-refractivity contribution in [3.05, 3.63) is 66.9 Å². The first-order valence-electron chi connectivity index (χ1n) is 8.29. The van der Waals surface area contributed by atoms with Gasteiger partial charge in [0.05, 0.1) is 29.1 Å². The molecule has 13 heteroatoms. The summed E-state index contributed by atoms with van der Waals surface area (Å²) in [5.74, 6) is -2.29. The number of hydrogen-bond donors (Lipinski definition) is 1. The van der Waals surface area contributed by atoms with Crippen LogP contribution in [0.4, 0.5) is 17.6 Å². The highest BCUT2D eigenvalue weighted by molar-refractivity contribution is 7.99. The molecule has 0 radical (unpaired) electrons. The molecule has 2 rings (SSSR count). The first-order valence-corrected chi connectivity index (χ1v) is 9.65. The van der Waals surface area contributed by atoms with E-state index in [0.29, 0.717) is 0 Å². The van der Waals surface area contributed by atoms with E-state index in [9.17, 15) is 31.9 Å². The summed E-state index contributed by atoms with van der Waals surface area (Å²) in [6.07, 6.45) is -4.96. The molecule has 0 unspecified atom stereocenters. The molecule has 1 aromatic heterocycles. The number of carbonyl (C=O) groups is 1. The second-order valence-electron chi connectivity index (χ2n) is 6.12. The smallest absolute Gasteiger partial charge is 0.431 e. The third kappa shape index (κ3) is 5.13. The van der Waals surface area contributed by atoms with Gasteiger partial charge >= 0.3 is 17.8 Å². The molecule has 1 N–H and O–H groups in total. The highest BCUT2D eigenvalue weighted by Gasteiger charge is 2.35. The van der Waals surface area contributed by atoms with E-state index in [1.54, 1.807) is 0 Å². The summed E-state index contributed by atoms with van der Waals surface area (Å²) in [5.41, 5.74) is -4.96. The summed E-state index contributed by atoms with van der Waals surface area (Å²) in [4.78, 5) is 35.9. The summed E-state index contributed by atoms with van der Waals surface area (Å²) in [7, 11) is 2.06. The monoisotopic (exact) mass is 482 g/mol. The number of carboxylic acid groups (broad SMARTS) is 1. The first kappa shape index (κ1) is 24.5. The van der Waals surface area contributed by atoms with Crippen LogP contribution in [-0.2, 0) is 22.8 Å². The maximum absolute atomic E-state index is 14.5. The number of alkyl halides is 3. The number of methoxy groups -OCH3 is 1. The predicted octanol–water partition coefficient (Wildman–Crippen LogP) is 3.44. The van der Waals surface area contributed by atoms with Crippen LogP contribution in [0.2, 0.25) is 5.02 Å². The highest BCUT2D eigenvalue weighted by Crippen LogP contribution is 2.33. The van der Waals surface area contributed by atoms with Crippen LogP contribution in [0.5, 0.6) is 0 Å². The van der Waals surface area contributed by atoms with Crippen LogP contribution in [0.1, 0.15) is 12.6 Å². The number of nitrogens with zero attached hydrogens (tertiary/aromatic N) is 2. The fourth-order valence-electron chi connectivity index (χ4n) is 2.50. The predicted molar refractivity (Wildman–Crippen MR) is 105 cm³/mol. The largest absolute Gasteiger partial charge is 0.500 e. The Morgan fingerprint density at radius 2 is 1.87 bits per heavy atom. The summed E-state index contributed by atoms with van der Waals surface area (Å²) in [5, 5.41) is 8.93. The van der Waals surface area contributed by atoms with Crippen molar-refractivity contribution in [1.82, 2.24) is 9.13 Å². The van der Waals surface area contributed by atoms with Crippen LogP contribution >= 0.6 is 23.4 Å². The maximum Gasteiger partial charge on any atom is 0.431 e. The number of carboxylic acids is 1. The van der Waals surface area contributed by atoms with Gasteiger partial charge in [-0.3, -0.25) is 9.36 Å². The van der Waals surface area contributed by atoms with Crippen molar-refractivity contribution in [3.8, 4) is 5.69 Å². The number of aromatic nitrogens is 2. The minimum Gasteiger partial charge on any atom is -0.500 e. The lowest BCUT2D eigenvalue weighted by atomic mass is 10.3. The molecule has 7 nitrogen and oxygen atoms in total. The van der Waals surface area contributed by atoms with E-state index >= 15 is 0 Å². The van der Waals surface area contributed by atoms with Crippen LogP contribution in [-0.4, -0.2) is 33.1 Å². The molecule has 0 atom stereocenters. The Morgan fingerprint density at radius 3 is 2.39 bits per heavy atom. The topological polar surface area (TPSA) is 90.5 Å². The lowest BCUT2D eigenvalue weighted by Crippen LogP contribution is -2.41. The summed E-state index contributed by atoms with van der Waals surface area (Å²) in [6, 6.07) is 2.00. The van der Waals surface area contributed by atoms with Gasteiger partial charge in [-0.1, -0.05) is 11.6 Å². The number of thioether (sulfide) groups is 1. The molecule has 0 bridgehead atoms. The maximum atomic E-state index is 14.5. The standard InChI is InChI=1S/C18H15ClF4N2O5S/c1-8(16(27)28)12(30-3)7-31-13-5-11(10(20)4-9(13)19)25-15(26)6-14(18(21,22)23)24(2)17(25)29/h4-6H,7H2,1-3H3,(H,27,28). The van der Waals surface area contributed by atoms with Crippen molar-refractivity contribution in [2.75, 3.05) is 12.9 Å². The molecule has 2 aromatic rings. The van der Waals surface area contributed by atoms with E-state index in [0.717, 1.165) is 30.9 Å². The van der Waals surface area contributed by atoms with Crippen molar-refractivity contribution in [2.45, 2.75) is 18.0 Å². The van der Waals surface area contributed by atoms with Crippen molar-refractivity contribution >= 4 is 29.3 Å². The van der Waals surface area contributed by atoms with Gasteiger partial charge in [0, 0.05) is 18.0 Å². The first-order chi connectivity index (χ1) is 14.3. The SMILES string of the molecule is COC(CSc1cc(-n2c(=O)cc(C(F)(F)F)n(C)c2=O)c(F)cc1Cl)=C(C)C(=O)O. The van der Waals surface area contributed by atoms with Gasteiger partial charge in [-0.15, -0.1) is 11.8 Å². The quantitative estimate of drug-likeness (QED) is 0.293. The Kier molecular flexibility index (Phi) is 7.27. The Hall–Kier alpha value is -2.73. The van der Waals surface area contributed by atoms with Gasteiger partial charge < -0.3 is 9.84 Å². The minimum absolute atomic E-state index is 0.0423. The van der Waals surface area contributed by atoms with E-state index in [1.165, 1.54) is 14.0 Å². The van der Waals surface area contributed by atoms with Crippen LogP contribution in [0, 0.1) is 5.82 Å². The molecule has 0 spiro atoms. The average molecular weight is 483 g/mol. The van der Waals surface area contributed by atoms with Gasteiger partial charge in [0.25, 0.3) is 5.56 Å². The molecule has 0 saturated carbocycles. The highest BCUT2D eigenvalue weighted by atomic mass is 35.5. The lowest BCUT2D eigenvalue weighted by molar-refractivity contribution is -0.144. The van der Waals surface area contributed by atoms with Crippen molar-refractivity contribution in [3.63, 3.8) is 0 Å². The molecule has 0 aliphatic heterocycles. The van der Waals surface area contributed by atoms with Gasteiger partial charge in [0.15, 0.2) is 0 Å². The van der Waals surface area contributed by atoms with Gasteiger partial charge in [-0.25, -0.2) is 18.5 Å². The molecule has 1 aromatic carbocycles. The number of hydrogen-bond acceptors (Lipinski definition) is 5. The third-order valence-electron chi connectivity index (χ3n) is 4.20. The molecule has 0 fully saturated rings. The second kappa shape index (κ2) is 9.18. The lowest BCUT2D eigenvalue weighted by Gasteiger charge is -2.15. The zero-order valence-corrected chi connectivity index (χ0v) is 17.8. The molecule has 0 amide bonds. The number of halogens is 5. The third-order valence-corrected chi connectivity index (χ3v) is 5.68. The summed E-state index contributed by atoms with van der Waals surface area (Å²) < 4.78 is 59.0. The second-order valence-corrected chi connectivity index (χ2v) is 7.55. The molecular formula is C18H15ClF4N2O5S. The van der Waals surface area contributed by atoms with E-state index in [4.69, 9.17) is 21.4 Å². The van der Waals surface area contributed by atoms with Gasteiger partial charge in [-0.05, 0) is 19.1 Å². The van der Waals surface area contributed by atoms with Gasteiger partial charge in [0.2, 0.25) is 0 Å². The fraction of sp³-hybridized carbons (Fsp3) is 0.278. The van der Waals surface area contributed by atoms with Crippen molar-refractivity contribution in [2.24, 2.45) is 7.05 Å². The van der Waals surface area contributed by atoms with Crippen LogP contribution in [0.15, 0.2) is 44.0 Å². The van der Waals surface area contributed by atoms with Crippen LogP contribution in [0.25, 0.3) is 5.69 Å². The summed E-state index contributed by atoms with van der Waals surface area (Å²) in [6.45, 7) is 1.31. The van der Waals surface area contributed by atoms with Gasteiger partial charge in [0.1, 0.15) is 17.3 Å². The van der Waals surface area contributed by atoms with E-state index in [-0.39, 0.29) is 42.2 Å². The Bertz CT molecular complexity index is 1190. The number of aliphatic carboxylic acids is 1.